The van der Waals surface area contributed by atoms with Gasteiger partial charge in [0.15, 0.2) is 11.5 Å². The molecule has 1 aliphatic heterocycles. The zero-order valence-electron chi connectivity index (χ0n) is 22.8. The maximum absolute atomic E-state index is 14.8. The fraction of sp³-hybridized carbons (Fsp3) is 0.464. The molecule has 3 aromatic heterocycles. The molecule has 2 fully saturated rings. The van der Waals surface area contributed by atoms with E-state index in [4.69, 9.17) is 5.41 Å². The second-order valence-corrected chi connectivity index (χ2v) is 10.4. The van der Waals surface area contributed by atoms with E-state index < -0.39 is 23.4 Å². The molecule has 4 heterocycles. The number of alkyl halides is 3. The van der Waals surface area contributed by atoms with Crippen molar-refractivity contribution in [3.63, 3.8) is 0 Å². The van der Waals surface area contributed by atoms with E-state index in [2.05, 4.69) is 47.3 Å². The van der Waals surface area contributed by atoms with Crippen LogP contribution in [0.2, 0.25) is 0 Å². The number of aromatic nitrogens is 4. The third kappa shape index (κ3) is 7.14. The second kappa shape index (κ2) is 12.4. The minimum absolute atomic E-state index is 0.000754. The van der Waals surface area contributed by atoms with Crippen molar-refractivity contribution >= 4 is 23.2 Å². The largest absolute Gasteiger partial charge is 0.434 e. The molecule has 2 aliphatic rings. The van der Waals surface area contributed by atoms with E-state index in [1.807, 2.05) is 6.07 Å². The van der Waals surface area contributed by atoms with E-state index in [0.29, 0.717) is 5.82 Å². The molecule has 41 heavy (non-hydrogen) atoms. The normalized spacial score (nSPS) is 17.1. The van der Waals surface area contributed by atoms with E-state index in [1.54, 1.807) is 12.3 Å². The van der Waals surface area contributed by atoms with Gasteiger partial charge < -0.3 is 15.5 Å². The summed E-state index contributed by atoms with van der Waals surface area (Å²) in [7, 11) is 0. The van der Waals surface area contributed by atoms with Crippen LogP contribution in [0.3, 0.4) is 0 Å². The first-order valence-corrected chi connectivity index (χ1v) is 13.8. The number of rotatable bonds is 9. The Morgan fingerprint density at radius 1 is 0.976 bits per heavy atom. The summed E-state index contributed by atoms with van der Waals surface area (Å²) >= 11 is 0. The monoisotopic (exact) mass is 571 g/mol. The van der Waals surface area contributed by atoms with Gasteiger partial charge in [0, 0.05) is 45.0 Å². The van der Waals surface area contributed by atoms with Crippen LogP contribution in [0.25, 0.3) is 11.4 Å². The fourth-order valence-corrected chi connectivity index (χ4v) is 5.16. The molecule has 1 saturated carbocycles. The van der Waals surface area contributed by atoms with Gasteiger partial charge in [-0.3, -0.25) is 10.3 Å². The van der Waals surface area contributed by atoms with Gasteiger partial charge in [0.25, 0.3) is 0 Å². The lowest BCUT2D eigenvalue weighted by Gasteiger charge is -2.33. The summed E-state index contributed by atoms with van der Waals surface area (Å²) in [6, 6.07) is 6.51. The minimum atomic E-state index is -4.92. The molecule has 3 aromatic rings. The zero-order valence-corrected chi connectivity index (χ0v) is 22.8. The van der Waals surface area contributed by atoms with Gasteiger partial charge in [-0.15, -0.1) is 0 Å². The molecular formula is C28H33F4N9. The van der Waals surface area contributed by atoms with Crippen LogP contribution in [0.4, 0.5) is 35.0 Å². The third-order valence-corrected chi connectivity index (χ3v) is 7.50. The van der Waals surface area contributed by atoms with Gasteiger partial charge in [-0.05, 0) is 43.1 Å². The van der Waals surface area contributed by atoms with Crippen LogP contribution in [0.5, 0.6) is 0 Å². The molecule has 0 unspecified atom stereocenters. The summed E-state index contributed by atoms with van der Waals surface area (Å²) in [5, 5.41) is 13.7. The summed E-state index contributed by atoms with van der Waals surface area (Å²) in [6.07, 6.45) is 1.36. The molecule has 0 bridgehead atoms. The van der Waals surface area contributed by atoms with Gasteiger partial charge in [0.1, 0.15) is 17.2 Å². The highest BCUT2D eigenvalue weighted by Gasteiger charge is 2.38. The highest BCUT2D eigenvalue weighted by atomic mass is 19.4. The number of nitrogens with zero attached hydrogens (tertiary/aromatic N) is 6. The van der Waals surface area contributed by atoms with Crippen molar-refractivity contribution in [2.75, 3.05) is 43.4 Å². The molecule has 13 heteroatoms. The second-order valence-electron chi connectivity index (χ2n) is 10.4. The topological polar surface area (TPSA) is 106 Å². The fourth-order valence-electron chi connectivity index (χ4n) is 5.16. The lowest BCUT2D eigenvalue weighted by atomic mass is 10.1. The van der Waals surface area contributed by atoms with Gasteiger partial charge in [-0.2, -0.15) is 13.2 Å². The smallest absolute Gasteiger partial charge is 0.381 e. The van der Waals surface area contributed by atoms with Crippen LogP contribution in [0, 0.1) is 11.2 Å². The van der Waals surface area contributed by atoms with Gasteiger partial charge in [0.05, 0.1) is 17.6 Å². The van der Waals surface area contributed by atoms with Gasteiger partial charge in [0.2, 0.25) is 5.95 Å². The minimum Gasteiger partial charge on any atom is -0.381 e. The van der Waals surface area contributed by atoms with Crippen molar-refractivity contribution in [2.24, 2.45) is 0 Å². The maximum atomic E-state index is 14.8. The van der Waals surface area contributed by atoms with Crippen molar-refractivity contribution in [2.45, 2.75) is 51.4 Å². The number of anilines is 3. The van der Waals surface area contributed by atoms with E-state index in [1.165, 1.54) is 12.1 Å². The zero-order chi connectivity index (χ0) is 29.0. The summed E-state index contributed by atoms with van der Waals surface area (Å²) in [4.78, 5) is 21.4. The number of piperazine rings is 1. The van der Waals surface area contributed by atoms with Crippen molar-refractivity contribution < 1.29 is 17.6 Å². The Kier molecular flexibility index (Phi) is 8.74. The number of pyridine rings is 2. The highest BCUT2D eigenvalue weighted by Crippen LogP contribution is 2.31. The summed E-state index contributed by atoms with van der Waals surface area (Å²) in [6.45, 7) is 8.08. The molecule has 0 atom stereocenters. The molecule has 1 saturated heterocycles. The number of likely N-dealkylation sites (N-methyl/N-ethyl adjacent to an activating group) is 1. The average Bonchev–Trinajstić information content (AvgIpc) is 3.48. The molecule has 0 radical (unpaired) electrons. The molecule has 218 valence electrons. The van der Waals surface area contributed by atoms with Crippen LogP contribution in [-0.4, -0.2) is 80.4 Å². The molecule has 0 amide bonds. The first kappa shape index (κ1) is 28.8. The Morgan fingerprint density at radius 3 is 2.37 bits per heavy atom. The van der Waals surface area contributed by atoms with Gasteiger partial charge >= 0.3 is 6.18 Å². The summed E-state index contributed by atoms with van der Waals surface area (Å²) < 4.78 is 55.4. The van der Waals surface area contributed by atoms with Crippen LogP contribution >= 0.6 is 0 Å². The standard InChI is InChI=1S/C28H33F4N9/c1-2-40-11-13-41(14-12-40)17-18-7-10-23(34-15-18)38-27-35-16-20(29)24(39-27)21-8-9-22(36-19-5-3-4-6-19)25(37-21)26(33)28(30,31)32/h7-10,15-16,19,33,36H,2-6,11-14,17H2,1H3,(H,34,35,38,39). The van der Waals surface area contributed by atoms with E-state index in [9.17, 15) is 17.6 Å². The lowest BCUT2D eigenvalue weighted by Crippen LogP contribution is -2.45. The Morgan fingerprint density at radius 2 is 1.71 bits per heavy atom. The Balaban J connectivity index is 1.33. The molecule has 3 N–H and O–H groups in total. The predicted octanol–water partition coefficient (Wildman–Crippen LogP) is 5.24. The van der Waals surface area contributed by atoms with Gasteiger partial charge in [-0.25, -0.2) is 24.3 Å². The summed E-state index contributed by atoms with van der Waals surface area (Å²) in [5.41, 5.74) is -1.48. The number of halogens is 4. The van der Waals surface area contributed by atoms with E-state index in [-0.39, 0.29) is 29.1 Å². The lowest BCUT2D eigenvalue weighted by molar-refractivity contribution is -0.0589. The molecule has 9 nitrogen and oxygen atoms in total. The third-order valence-electron chi connectivity index (χ3n) is 7.50. The molecular weight excluding hydrogens is 538 g/mol. The predicted molar refractivity (Wildman–Crippen MR) is 149 cm³/mol. The van der Waals surface area contributed by atoms with Crippen molar-refractivity contribution in [3.05, 3.63) is 53.7 Å². The molecule has 1 aliphatic carbocycles. The van der Waals surface area contributed by atoms with Gasteiger partial charge in [-0.1, -0.05) is 25.8 Å². The quantitative estimate of drug-likeness (QED) is 0.237. The SMILES string of the molecule is CCN1CCN(Cc2ccc(Nc3ncc(F)c(-c4ccc(NC5CCCC5)c(C(=N)C(F)(F)F)n4)n3)nc2)CC1. The van der Waals surface area contributed by atoms with Crippen LogP contribution in [0.1, 0.15) is 43.9 Å². The Labute approximate surface area is 235 Å². The van der Waals surface area contributed by atoms with Crippen molar-refractivity contribution in [3.8, 4) is 11.4 Å². The Hall–Kier alpha value is -3.71. The Bertz CT molecular complexity index is 1350. The molecule has 5 rings (SSSR count). The molecule has 0 spiro atoms. The van der Waals surface area contributed by atoms with Crippen molar-refractivity contribution in [1.29, 1.82) is 5.41 Å². The summed E-state index contributed by atoms with van der Waals surface area (Å²) in [5.74, 6) is -0.402. The molecule has 0 aromatic carbocycles. The maximum Gasteiger partial charge on any atom is 0.434 e. The number of hydrogen-bond donors (Lipinski definition) is 3. The first-order chi connectivity index (χ1) is 19.7. The van der Waals surface area contributed by atoms with E-state index in [0.717, 1.165) is 76.7 Å². The van der Waals surface area contributed by atoms with Crippen LogP contribution < -0.4 is 10.6 Å². The van der Waals surface area contributed by atoms with Crippen LogP contribution in [0.15, 0.2) is 36.7 Å². The highest BCUT2D eigenvalue weighted by molar-refractivity contribution is 6.05. The average molecular weight is 572 g/mol. The van der Waals surface area contributed by atoms with Crippen molar-refractivity contribution in [1.82, 2.24) is 29.7 Å². The van der Waals surface area contributed by atoms with Crippen LogP contribution in [-0.2, 0) is 6.54 Å². The number of hydrogen-bond acceptors (Lipinski definition) is 9. The van der Waals surface area contributed by atoms with E-state index >= 15 is 0 Å². The first-order valence-electron chi connectivity index (χ1n) is 13.8. The number of nitrogens with one attached hydrogen (secondary N) is 3.